The highest BCUT2D eigenvalue weighted by Gasteiger charge is 2.01. The van der Waals surface area contributed by atoms with Crippen molar-refractivity contribution < 1.29 is 9.59 Å². The van der Waals surface area contributed by atoms with Crippen molar-refractivity contribution in [2.45, 2.75) is 20.3 Å². The summed E-state index contributed by atoms with van der Waals surface area (Å²) >= 11 is 0. The number of carbonyl (C=O) groups is 2. The second kappa shape index (κ2) is 11.9. The molecule has 2 aromatic carbocycles. The molecule has 4 nitrogen and oxygen atoms in total. The number of benzene rings is 2. The quantitative estimate of drug-likeness (QED) is 0.470. The van der Waals surface area contributed by atoms with Crippen molar-refractivity contribution in [3.05, 3.63) is 108 Å². The Morgan fingerprint density at radius 2 is 1.03 bits per heavy atom. The van der Waals surface area contributed by atoms with Crippen LogP contribution >= 0.6 is 0 Å². The highest BCUT2D eigenvalue weighted by Crippen LogP contribution is 2.16. The predicted octanol–water partition coefficient (Wildman–Crippen LogP) is 5.42. The molecule has 0 fully saturated rings. The summed E-state index contributed by atoms with van der Waals surface area (Å²) in [4.78, 5) is 23.6. The highest BCUT2D eigenvalue weighted by molar-refractivity contribution is 6.00. The molecule has 0 bridgehead atoms. The Bertz CT molecular complexity index is 841. The van der Waals surface area contributed by atoms with Crippen molar-refractivity contribution in [1.82, 2.24) is 0 Å². The second-order valence-corrected chi connectivity index (χ2v) is 6.32. The first-order valence-corrected chi connectivity index (χ1v) is 9.49. The van der Waals surface area contributed by atoms with Crippen molar-refractivity contribution in [1.29, 1.82) is 0 Å². The summed E-state index contributed by atoms with van der Waals surface area (Å²) in [5.41, 5.74) is 3.79. The summed E-state index contributed by atoms with van der Waals surface area (Å²) < 4.78 is 0. The molecular weight excluding hydrogens is 360 g/mol. The van der Waals surface area contributed by atoms with Gasteiger partial charge in [0.2, 0.25) is 11.8 Å². The molecule has 2 rings (SSSR count). The Kier molecular flexibility index (Phi) is 8.90. The maximum absolute atomic E-state index is 11.8. The maximum atomic E-state index is 11.8. The van der Waals surface area contributed by atoms with Crippen molar-refractivity contribution in [3.8, 4) is 0 Å². The van der Waals surface area contributed by atoms with E-state index in [1.54, 1.807) is 24.3 Å². The van der Waals surface area contributed by atoms with Gasteiger partial charge in [0, 0.05) is 23.5 Å². The van der Waals surface area contributed by atoms with Crippen LogP contribution < -0.4 is 10.6 Å². The lowest BCUT2D eigenvalue weighted by atomic mass is 10.0. The molecule has 2 aromatic rings. The van der Waals surface area contributed by atoms with E-state index in [9.17, 15) is 9.59 Å². The van der Waals surface area contributed by atoms with Gasteiger partial charge in [0.1, 0.15) is 0 Å². The predicted molar refractivity (Wildman–Crippen MR) is 121 cm³/mol. The monoisotopic (exact) mass is 386 g/mol. The Labute approximate surface area is 172 Å². The van der Waals surface area contributed by atoms with Crippen molar-refractivity contribution in [2.24, 2.45) is 0 Å². The summed E-state index contributed by atoms with van der Waals surface area (Å²) in [6.45, 7) is 3.79. The van der Waals surface area contributed by atoms with Crippen LogP contribution in [0.15, 0.2) is 97.1 Å². The molecule has 29 heavy (non-hydrogen) atoms. The molecule has 0 aliphatic rings. The van der Waals surface area contributed by atoms with Crippen LogP contribution in [0.4, 0.5) is 11.4 Å². The number of allylic oxidation sites excluding steroid dienone is 6. The third-order valence-corrected chi connectivity index (χ3v) is 3.95. The molecule has 0 saturated carbocycles. The van der Waals surface area contributed by atoms with Gasteiger partial charge in [-0.25, -0.2) is 0 Å². The molecule has 2 amide bonds. The molecule has 0 aliphatic heterocycles. The molecule has 148 valence electrons. The Morgan fingerprint density at radius 3 is 1.38 bits per heavy atom. The minimum atomic E-state index is -0.158. The number of hydrogen-bond donors (Lipinski definition) is 2. The van der Waals surface area contributed by atoms with E-state index in [0.29, 0.717) is 0 Å². The molecule has 0 heterocycles. The van der Waals surface area contributed by atoms with E-state index in [2.05, 4.69) is 10.6 Å². The smallest absolute Gasteiger partial charge is 0.248 e. The molecule has 0 unspecified atom stereocenters. The largest absolute Gasteiger partial charge is 0.323 e. The van der Waals surface area contributed by atoms with E-state index in [4.69, 9.17) is 0 Å². The van der Waals surface area contributed by atoms with Gasteiger partial charge >= 0.3 is 0 Å². The molecular formula is C25H26N2O2. The van der Waals surface area contributed by atoms with Crippen LogP contribution in [-0.4, -0.2) is 11.8 Å². The van der Waals surface area contributed by atoms with E-state index >= 15 is 0 Å². The third-order valence-electron chi connectivity index (χ3n) is 3.95. The van der Waals surface area contributed by atoms with Crippen molar-refractivity contribution >= 4 is 23.2 Å². The van der Waals surface area contributed by atoms with E-state index in [1.807, 2.05) is 74.5 Å². The van der Waals surface area contributed by atoms with Gasteiger partial charge in [0.25, 0.3) is 0 Å². The standard InChI is InChI=1S/C25H26N2O2/c1-3-5-7-9-24(28)26-22-15-11-20(12-16-22)19-21-13-17-23(18-14-21)27-25(29)10-8-6-4-2/h3-18H,19H2,1-2H3,(H,26,28)(H,27,29). The Balaban J connectivity index is 1.90. The van der Waals surface area contributed by atoms with Crippen LogP contribution in [-0.2, 0) is 16.0 Å². The average Bonchev–Trinajstić information content (AvgIpc) is 2.71. The maximum Gasteiger partial charge on any atom is 0.248 e. The fraction of sp³-hybridized carbons (Fsp3) is 0.120. The van der Waals surface area contributed by atoms with Gasteiger partial charge in [-0.15, -0.1) is 0 Å². The van der Waals surface area contributed by atoms with Gasteiger partial charge < -0.3 is 10.6 Å². The van der Waals surface area contributed by atoms with Crippen LogP contribution in [0.3, 0.4) is 0 Å². The molecule has 0 aliphatic carbocycles. The highest BCUT2D eigenvalue weighted by atomic mass is 16.2. The van der Waals surface area contributed by atoms with Gasteiger partial charge in [0.05, 0.1) is 0 Å². The van der Waals surface area contributed by atoms with E-state index in [0.717, 1.165) is 28.9 Å². The third kappa shape index (κ3) is 8.26. The fourth-order valence-electron chi connectivity index (χ4n) is 2.52. The molecule has 2 N–H and O–H groups in total. The summed E-state index contributed by atoms with van der Waals surface area (Å²) in [5.74, 6) is -0.317. The van der Waals surface area contributed by atoms with Crippen LogP contribution in [0, 0.1) is 0 Å². The number of anilines is 2. The Morgan fingerprint density at radius 1 is 0.655 bits per heavy atom. The lowest BCUT2D eigenvalue weighted by Gasteiger charge is -2.07. The van der Waals surface area contributed by atoms with Gasteiger partial charge in [-0.05, 0) is 55.7 Å². The lowest BCUT2D eigenvalue weighted by molar-refractivity contribution is -0.112. The van der Waals surface area contributed by atoms with Crippen LogP contribution in [0.1, 0.15) is 25.0 Å². The van der Waals surface area contributed by atoms with E-state index in [1.165, 1.54) is 12.2 Å². The first kappa shape index (κ1) is 21.6. The van der Waals surface area contributed by atoms with Gasteiger partial charge in [-0.2, -0.15) is 0 Å². The number of carbonyl (C=O) groups excluding carboxylic acids is 2. The summed E-state index contributed by atoms with van der Waals surface area (Å²) in [7, 11) is 0. The summed E-state index contributed by atoms with van der Waals surface area (Å²) in [6, 6.07) is 15.5. The lowest BCUT2D eigenvalue weighted by Crippen LogP contribution is -2.07. The minimum Gasteiger partial charge on any atom is -0.323 e. The molecule has 4 heteroatoms. The first-order valence-electron chi connectivity index (χ1n) is 9.49. The van der Waals surface area contributed by atoms with Gasteiger partial charge in [0.15, 0.2) is 0 Å². The zero-order chi connectivity index (χ0) is 20.9. The van der Waals surface area contributed by atoms with Gasteiger partial charge in [-0.3, -0.25) is 9.59 Å². The zero-order valence-corrected chi connectivity index (χ0v) is 16.8. The second-order valence-electron chi connectivity index (χ2n) is 6.32. The van der Waals surface area contributed by atoms with Crippen molar-refractivity contribution in [2.75, 3.05) is 10.6 Å². The fourth-order valence-corrected chi connectivity index (χ4v) is 2.52. The molecule has 0 aromatic heterocycles. The number of amides is 2. The molecule has 0 atom stereocenters. The van der Waals surface area contributed by atoms with Crippen LogP contribution in [0.5, 0.6) is 0 Å². The molecule has 0 spiro atoms. The normalized spacial score (nSPS) is 11.7. The molecule has 0 saturated heterocycles. The van der Waals surface area contributed by atoms with Crippen molar-refractivity contribution in [3.63, 3.8) is 0 Å². The number of nitrogens with one attached hydrogen (secondary N) is 2. The molecule has 0 radical (unpaired) electrons. The van der Waals surface area contributed by atoms with E-state index < -0.39 is 0 Å². The van der Waals surface area contributed by atoms with Crippen LogP contribution in [0.2, 0.25) is 0 Å². The van der Waals surface area contributed by atoms with E-state index in [-0.39, 0.29) is 11.8 Å². The van der Waals surface area contributed by atoms with Gasteiger partial charge in [-0.1, -0.05) is 60.7 Å². The van der Waals surface area contributed by atoms with Crippen LogP contribution in [0.25, 0.3) is 0 Å². The SMILES string of the molecule is CC=CC=CC(=O)Nc1ccc(Cc2ccc(NC(=O)C=CC=CC)cc2)cc1. The average molecular weight is 386 g/mol. The summed E-state index contributed by atoms with van der Waals surface area (Å²) in [5, 5.41) is 5.65. The minimum absolute atomic E-state index is 0.158. The topological polar surface area (TPSA) is 58.2 Å². The number of rotatable bonds is 8. The summed E-state index contributed by atoms with van der Waals surface area (Å²) in [6.07, 6.45) is 14.5. The Hall–Kier alpha value is -3.66. The number of hydrogen-bond acceptors (Lipinski definition) is 2. The zero-order valence-electron chi connectivity index (χ0n) is 16.8. The first-order chi connectivity index (χ1) is 14.1.